The summed E-state index contributed by atoms with van der Waals surface area (Å²) in [4.78, 5) is 29.1. The number of amides is 1. The van der Waals surface area contributed by atoms with Gasteiger partial charge < -0.3 is 15.2 Å². The molecule has 0 spiro atoms. The van der Waals surface area contributed by atoms with E-state index in [1.54, 1.807) is 36.4 Å². The predicted molar refractivity (Wildman–Crippen MR) is 107 cm³/mol. The molecule has 6 heteroatoms. The molecule has 0 radical (unpaired) electrons. The SMILES string of the molecule is CCCCNC(=O)COC(=O)c1cc(-c2ccc(O)cc2)nc2ccccc12. The first-order valence-electron chi connectivity index (χ1n) is 9.21. The van der Waals surface area contributed by atoms with Crippen molar-refractivity contribution >= 4 is 22.8 Å². The molecular formula is C22H22N2O4. The number of unbranched alkanes of at least 4 members (excludes halogenated alkanes) is 1. The first-order chi connectivity index (χ1) is 13.6. The van der Waals surface area contributed by atoms with Gasteiger partial charge in [0, 0.05) is 17.5 Å². The van der Waals surface area contributed by atoms with E-state index < -0.39 is 5.97 Å². The lowest BCUT2D eigenvalue weighted by molar-refractivity contribution is -0.124. The number of ether oxygens (including phenoxy) is 1. The highest BCUT2D eigenvalue weighted by Crippen LogP contribution is 2.26. The number of carbonyl (C=O) groups excluding carboxylic acids is 2. The number of nitrogens with one attached hydrogen (secondary N) is 1. The van der Waals surface area contributed by atoms with Crippen LogP contribution in [0, 0.1) is 0 Å². The summed E-state index contributed by atoms with van der Waals surface area (Å²) in [5, 5.41) is 12.9. The third-order valence-electron chi connectivity index (χ3n) is 4.29. The van der Waals surface area contributed by atoms with Gasteiger partial charge in [-0.25, -0.2) is 9.78 Å². The van der Waals surface area contributed by atoms with Crippen molar-refractivity contribution in [2.45, 2.75) is 19.8 Å². The van der Waals surface area contributed by atoms with Crippen LogP contribution in [-0.4, -0.2) is 35.1 Å². The molecule has 0 atom stereocenters. The smallest absolute Gasteiger partial charge is 0.339 e. The molecule has 0 saturated carbocycles. The van der Waals surface area contributed by atoms with E-state index in [0.717, 1.165) is 18.4 Å². The Labute approximate surface area is 163 Å². The Hall–Kier alpha value is -3.41. The molecule has 0 aliphatic carbocycles. The standard InChI is InChI=1S/C22H22N2O4/c1-2-3-12-23-21(26)14-28-22(27)18-13-20(15-8-10-16(25)11-9-15)24-19-7-5-4-6-17(18)19/h4-11,13,25H,2-3,12,14H2,1H3,(H,23,26). The third-order valence-corrected chi connectivity index (χ3v) is 4.29. The topological polar surface area (TPSA) is 88.5 Å². The zero-order valence-corrected chi connectivity index (χ0v) is 15.6. The number of pyridine rings is 1. The van der Waals surface area contributed by atoms with E-state index in [2.05, 4.69) is 10.3 Å². The molecule has 28 heavy (non-hydrogen) atoms. The molecule has 1 heterocycles. The van der Waals surface area contributed by atoms with Gasteiger partial charge in [-0.1, -0.05) is 31.5 Å². The molecule has 1 aromatic heterocycles. The molecule has 0 bridgehead atoms. The number of nitrogens with zero attached hydrogens (tertiary/aromatic N) is 1. The third kappa shape index (κ3) is 4.65. The number of aromatic nitrogens is 1. The summed E-state index contributed by atoms with van der Waals surface area (Å²) in [5.41, 5.74) is 2.33. The average molecular weight is 378 g/mol. The number of benzene rings is 2. The zero-order chi connectivity index (χ0) is 19.9. The van der Waals surface area contributed by atoms with Crippen molar-refractivity contribution in [2.75, 3.05) is 13.2 Å². The van der Waals surface area contributed by atoms with Crippen molar-refractivity contribution in [3.8, 4) is 17.0 Å². The first-order valence-corrected chi connectivity index (χ1v) is 9.21. The lowest BCUT2D eigenvalue weighted by Gasteiger charge is -2.10. The van der Waals surface area contributed by atoms with Gasteiger partial charge >= 0.3 is 5.97 Å². The van der Waals surface area contributed by atoms with Crippen LogP contribution < -0.4 is 5.32 Å². The Kier molecular flexibility index (Phi) is 6.22. The maximum absolute atomic E-state index is 12.7. The summed E-state index contributed by atoms with van der Waals surface area (Å²) >= 11 is 0. The number of carbonyl (C=O) groups is 2. The highest BCUT2D eigenvalue weighted by molar-refractivity contribution is 6.05. The fourth-order valence-corrected chi connectivity index (χ4v) is 2.79. The number of esters is 1. The van der Waals surface area contributed by atoms with Crippen LogP contribution in [0.4, 0.5) is 0 Å². The van der Waals surface area contributed by atoms with Crippen molar-refractivity contribution in [3.63, 3.8) is 0 Å². The Balaban J connectivity index is 1.85. The molecule has 0 aliphatic rings. The molecule has 3 rings (SSSR count). The average Bonchev–Trinajstić information content (AvgIpc) is 2.72. The normalized spacial score (nSPS) is 10.6. The number of phenols is 1. The van der Waals surface area contributed by atoms with Crippen LogP contribution in [0.1, 0.15) is 30.1 Å². The molecule has 0 fully saturated rings. The fourth-order valence-electron chi connectivity index (χ4n) is 2.79. The Morgan fingerprint density at radius 1 is 1.11 bits per heavy atom. The predicted octanol–water partition coefficient (Wildman–Crippen LogP) is 3.68. The second-order valence-electron chi connectivity index (χ2n) is 6.40. The van der Waals surface area contributed by atoms with E-state index in [1.807, 2.05) is 25.1 Å². The number of phenolic OH excluding ortho intramolecular Hbond substituents is 1. The zero-order valence-electron chi connectivity index (χ0n) is 15.6. The summed E-state index contributed by atoms with van der Waals surface area (Å²) in [6.45, 7) is 2.27. The number of rotatable bonds is 7. The van der Waals surface area contributed by atoms with Gasteiger partial charge in [-0.2, -0.15) is 0 Å². The summed E-state index contributed by atoms with van der Waals surface area (Å²) in [5.74, 6) is -0.749. The maximum Gasteiger partial charge on any atom is 0.339 e. The first kappa shape index (κ1) is 19.4. The van der Waals surface area contributed by atoms with Crippen LogP contribution in [0.2, 0.25) is 0 Å². The summed E-state index contributed by atoms with van der Waals surface area (Å²) in [7, 11) is 0. The van der Waals surface area contributed by atoms with E-state index in [4.69, 9.17) is 4.74 Å². The molecule has 3 aromatic rings. The molecule has 0 aliphatic heterocycles. The van der Waals surface area contributed by atoms with Gasteiger partial charge in [-0.15, -0.1) is 0 Å². The fraction of sp³-hybridized carbons (Fsp3) is 0.227. The van der Waals surface area contributed by atoms with Crippen molar-refractivity contribution in [1.82, 2.24) is 10.3 Å². The van der Waals surface area contributed by atoms with Crippen molar-refractivity contribution in [3.05, 3.63) is 60.2 Å². The summed E-state index contributed by atoms with van der Waals surface area (Å²) < 4.78 is 5.22. The Morgan fingerprint density at radius 3 is 2.61 bits per heavy atom. The minimum atomic E-state index is -0.579. The molecule has 2 N–H and O–H groups in total. The van der Waals surface area contributed by atoms with Gasteiger partial charge in [0.15, 0.2) is 6.61 Å². The monoisotopic (exact) mass is 378 g/mol. The maximum atomic E-state index is 12.7. The lowest BCUT2D eigenvalue weighted by Crippen LogP contribution is -2.29. The van der Waals surface area contributed by atoms with Gasteiger partial charge in [-0.05, 0) is 42.8 Å². The number of hydrogen-bond acceptors (Lipinski definition) is 5. The number of hydrogen-bond donors (Lipinski definition) is 2. The second kappa shape index (κ2) is 8.99. The highest BCUT2D eigenvalue weighted by Gasteiger charge is 2.16. The van der Waals surface area contributed by atoms with E-state index in [1.165, 1.54) is 0 Å². The van der Waals surface area contributed by atoms with E-state index >= 15 is 0 Å². The second-order valence-corrected chi connectivity index (χ2v) is 6.40. The molecule has 0 unspecified atom stereocenters. The van der Waals surface area contributed by atoms with Gasteiger partial charge in [0.1, 0.15) is 5.75 Å². The minimum absolute atomic E-state index is 0.151. The number of para-hydroxylation sites is 1. The molecular weight excluding hydrogens is 356 g/mol. The summed E-state index contributed by atoms with van der Waals surface area (Å²) in [6, 6.07) is 15.5. The lowest BCUT2D eigenvalue weighted by atomic mass is 10.0. The highest BCUT2D eigenvalue weighted by atomic mass is 16.5. The minimum Gasteiger partial charge on any atom is -0.508 e. The van der Waals surface area contributed by atoms with Crippen LogP contribution in [-0.2, 0) is 9.53 Å². The largest absolute Gasteiger partial charge is 0.508 e. The van der Waals surface area contributed by atoms with Crippen LogP contribution >= 0.6 is 0 Å². The molecule has 144 valence electrons. The molecule has 2 aromatic carbocycles. The van der Waals surface area contributed by atoms with Gasteiger partial charge in [0.25, 0.3) is 5.91 Å². The van der Waals surface area contributed by atoms with Crippen LogP contribution in [0.3, 0.4) is 0 Å². The van der Waals surface area contributed by atoms with Gasteiger partial charge in [0.05, 0.1) is 16.8 Å². The van der Waals surface area contributed by atoms with Crippen molar-refractivity contribution in [1.29, 1.82) is 0 Å². The van der Waals surface area contributed by atoms with Crippen molar-refractivity contribution < 1.29 is 19.4 Å². The van der Waals surface area contributed by atoms with Crippen LogP contribution in [0.25, 0.3) is 22.2 Å². The quantitative estimate of drug-likeness (QED) is 0.484. The van der Waals surface area contributed by atoms with Gasteiger partial charge in [0.2, 0.25) is 0 Å². The molecule has 0 saturated heterocycles. The van der Waals surface area contributed by atoms with E-state index in [0.29, 0.717) is 28.7 Å². The molecule has 6 nitrogen and oxygen atoms in total. The summed E-state index contributed by atoms with van der Waals surface area (Å²) in [6.07, 6.45) is 1.85. The van der Waals surface area contributed by atoms with Gasteiger partial charge in [-0.3, -0.25) is 4.79 Å². The van der Waals surface area contributed by atoms with Crippen LogP contribution in [0.5, 0.6) is 5.75 Å². The Bertz CT molecular complexity index is 983. The number of fused-ring (bicyclic) bond motifs is 1. The van der Waals surface area contributed by atoms with E-state index in [9.17, 15) is 14.7 Å². The van der Waals surface area contributed by atoms with Crippen LogP contribution in [0.15, 0.2) is 54.6 Å². The molecule has 1 amide bonds. The number of aromatic hydroxyl groups is 1. The van der Waals surface area contributed by atoms with E-state index in [-0.39, 0.29) is 18.3 Å². The Morgan fingerprint density at radius 2 is 1.86 bits per heavy atom. The van der Waals surface area contributed by atoms with Crippen molar-refractivity contribution in [2.24, 2.45) is 0 Å².